The third-order valence-electron chi connectivity index (χ3n) is 5.84. The summed E-state index contributed by atoms with van der Waals surface area (Å²) in [5.41, 5.74) is 2.75. The van der Waals surface area contributed by atoms with Crippen LogP contribution < -0.4 is 0 Å². The number of likely N-dealkylation sites (tertiary alicyclic amines) is 1. The van der Waals surface area contributed by atoms with Crippen molar-refractivity contribution in [2.75, 3.05) is 32.8 Å². The molecule has 2 aliphatic rings. The normalized spacial score (nSPS) is 21.0. The predicted molar refractivity (Wildman–Crippen MR) is 91.0 cm³/mol. The number of aliphatic hydroxyl groups is 1. The summed E-state index contributed by atoms with van der Waals surface area (Å²) in [6, 6.07) is 8.43. The summed E-state index contributed by atoms with van der Waals surface area (Å²) < 4.78 is 0. The molecule has 1 amide bonds. The van der Waals surface area contributed by atoms with E-state index in [4.69, 9.17) is 0 Å². The summed E-state index contributed by atoms with van der Waals surface area (Å²) >= 11 is 0. The molecule has 0 unspecified atom stereocenters. The minimum Gasteiger partial charge on any atom is -0.396 e. The minimum absolute atomic E-state index is 0.0869. The van der Waals surface area contributed by atoms with Gasteiger partial charge >= 0.3 is 0 Å². The van der Waals surface area contributed by atoms with Gasteiger partial charge in [-0.3, -0.25) is 9.69 Å². The Morgan fingerprint density at radius 2 is 1.87 bits per heavy atom. The molecule has 1 N–H and O–H groups in total. The summed E-state index contributed by atoms with van der Waals surface area (Å²) in [4.78, 5) is 16.9. The maximum atomic E-state index is 12.6. The van der Waals surface area contributed by atoms with Crippen LogP contribution >= 0.6 is 0 Å². The number of amides is 1. The summed E-state index contributed by atoms with van der Waals surface area (Å²) in [7, 11) is 0. The van der Waals surface area contributed by atoms with E-state index in [0.717, 1.165) is 51.9 Å². The van der Waals surface area contributed by atoms with Crippen molar-refractivity contribution in [3.63, 3.8) is 0 Å². The molecule has 0 atom stereocenters. The predicted octanol–water partition coefficient (Wildman–Crippen LogP) is 2.06. The van der Waals surface area contributed by atoms with Gasteiger partial charge in [0.1, 0.15) is 0 Å². The fourth-order valence-electron chi connectivity index (χ4n) is 3.81. The van der Waals surface area contributed by atoms with Gasteiger partial charge in [-0.15, -0.1) is 0 Å². The highest BCUT2D eigenvalue weighted by atomic mass is 16.3. The van der Waals surface area contributed by atoms with E-state index >= 15 is 0 Å². The number of fused-ring (bicyclic) bond motifs is 1. The maximum absolute atomic E-state index is 12.6. The van der Waals surface area contributed by atoms with Gasteiger partial charge in [0.2, 0.25) is 5.91 Å². The molecule has 1 saturated heterocycles. The van der Waals surface area contributed by atoms with Crippen molar-refractivity contribution in [3.05, 3.63) is 35.4 Å². The third kappa shape index (κ3) is 3.59. The van der Waals surface area contributed by atoms with Crippen molar-refractivity contribution >= 4 is 5.91 Å². The number of aliphatic hydroxyl groups excluding tert-OH is 1. The van der Waals surface area contributed by atoms with Crippen LogP contribution in [0.4, 0.5) is 0 Å². The fourth-order valence-corrected chi connectivity index (χ4v) is 3.81. The highest BCUT2D eigenvalue weighted by molar-refractivity contribution is 5.78. The van der Waals surface area contributed by atoms with E-state index in [0.29, 0.717) is 6.54 Å². The lowest BCUT2D eigenvalue weighted by Crippen LogP contribution is -2.47. The second kappa shape index (κ2) is 7.02. The first-order valence-corrected chi connectivity index (χ1v) is 8.83. The van der Waals surface area contributed by atoms with Crippen LogP contribution in [-0.4, -0.2) is 53.6 Å². The molecule has 1 aromatic rings. The van der Waals surface area contributed by atoms with Crippen LogP contribution in [0.2, 0.25) is 0 Å². The quantitative estimate of drug-likeness (QED) is 0.925. The Balaban J connectivity index is 1.53. The summed E-state index contributed by atoms with van der Waals surface area (Å²) in [5, 5.41) is 9.61. The fraction of sp³-hybridized carbons (Fsp3) is 0.632. The molecule has 126 valence electrons. The molecule has 0 spiro atoms. The topological polar surface area (TPSA) is 43.8 Å². The van der Waals surface area contributed by atoms with Crippen LogP contribution in [0.15, 0.2) is 24.3 Å². The van der Waals surface area contributed by atoms with Gasteiger partial charge in [-0.2, -0.15) is 0 Å². The van der Waals surface area contributed by atoms with Crippen LogP contribution in [-0.2, 0) is 17.8 Å². The molecule has 0 saturated carbocycles. The Kier molecular flexibility index (Phi) is 5.02. The van der Waals surface area contributed by atoms with E-state index in [9.17, 15) is 9.90 Å². The number of rotatable bonds is 4. The number of hydrogen-bond acceptors (Lipinski definition) is 3. The summed E-state index contributed by atoms with van der Waals surface area (Å²) in [5.74, 6) is 0.243. The molecule has 4 heteroatoms. The monoisotopic (exact) mass is 316 g/mol. The standard InChI is InChI=1S/C19H28N2O2/c1-2-19(15-22)8-11-20(12-9-19)14-18(23)21-10-7-16-5-3-4-6-17(16)13-21/h3-6,22H,2,7-15H2,1H3. The molecule has 0 bridgehead atoms. The second-order valence-electron chi connectivity index (χ2n) is 7.12. The lowest BCUT2D eigenvalue weighted by molar-refractivity contribution is -0.134. The van der Waals surface area contributed by atoms with Crippen molar-refractivity contribution in [1.29, 1.82) is 0 Å². The molecular weight excluding hydrogens is 288 g/mol. The van der Waals surface area contributed by atoms with Crippen LogP contribution in [0.3, 0.4) is 0 Å². The largest absolute Gasteiger partial charge is 0.396 e. The summed E-state index contributed by atoms with van der Waals surface area (Å²) in [6.07, 6.45) is 3.98. The number of nitrogens with zero attached hydrogens (tertiary/aromatic N) is 2. The molecule has 2 heterocycles. The third-order valence-corrected chi connectivity index (χ3v) is 5.84. The van der Waals surface area contributed by atoms with Gasteiger partial charge in [0, 0.05) is 19.7 Å². The van der Waals surface area contributed by atoms with Crippen molar-refractivity contribution in [1.82, 2.24) is 9.80 Å². The molecule has 1 fully saturated rings. The first-order chi connectivity index (χ1) is 11.2. The van der Waals surface area contributed by atoms with Gasteiger partial charge < -0.3 is 10.0 Å². The Morgan fingerprint density at radius 3 is 2.52 bits per heavy atom. The van der Waals surface area contributed by atoms with E-state index in [-0.39, 0.29) is 17.9 Å². The number of carbonyl (C=O) groups excluding carboxylic acids is 1. The second-order valence-corrected chi connectivity index (χ2v) is 7.12. The van der Waals surface area contributed by atoms with Crippen LogP contribution in [0.5, 0.6) is 0 Å². The van der Waals surface area contributed by atoms with Gasteiger partial charge in [-0.1, -0.05) is 31.2 Å². The lowest BCUT2D eigenvalue weighted by atomic mass is 9.77. The lowest BCUT2D eigenvalue weighted by Gasteiger charge is -2.40. The highest BCUT2D eigenvalue weighted by Crippen LogP contribution is 2.34. The molecule has 23 heavy (non-hydrogen) atoms. The van der Waals surface area contributed by atoms with Crippen LogP contribution in [0.25, 0.3) is 0 Å². The van der Waals surface area contributed by atoms with Gasteiger partial charge in [0.05, 0.1) is 6.54 Å². The molecule has 0 radical (unpaired) electrons. The number of piperidine rings is 1. The molecule has 4 nitrogen and oxygen atoms in total. The first kappa shape index (κ1) is 16.5. The van der Waals surface area contributed by atoms with Crippen molar-refractivity contribution in [3.8, 4) is 0 Å². The van der Waals surface area contributed by atoms with E-state index < -0.39 is 0 Å². The SMILES string of the molecule is CCC1(CO)CCN(CC(=O)N2CCc3ccccc3C2)CC1. The average Bonchev–Trinajstić information content (AvgIpc) is 2.62. The Hall–Kier alpha value is -1.39. The minimum atomic E-state index is 0.0869. The zero-order valence-corrected chi connectivity index (χ0v) is 14.1. The van der Waals surface area contributed by atoms with Crippen molar-refractivity contribution in [2.24, 2.45) is 5.41 Å². The number of carbonyl (C=O) groups is 1. The van der Waals surface area contributed by atoms with E-state index in [1.54, 1.807) is 0 Å². The molecule has 0 aromatic heterocycles. The zero-order valence-electron chi connectivity index (χ0n) is 14.1. The summed E-state index contributed by atoms with van der Waals surface area (Å²) in [6.45, 7) is 6.37. The van der Waals surface area contributed by atoms with Gasteiger partial charge in [0.15, 0.2) is 0 Å². The van der Waals surface area contributed by atoms with Gasteiger partial charge in [-0.25, -0.2) is 0 Å². The Bertz CT molecular complexity index is 544. The molecule has 0 aliphatic carbocycles. The molecule has 3 rings (SSSR count). The Labute approximate surface area is 139 Å². The van der Waals surface area contributed by atoms with Crippen LogP contribution in [0.1, 0.15) is 37.3 Å². The average molecular weight is 316 g/mol. The molecule has 2 aliphatic heterocycles. The first-order valence-electron chi connectivity index (χ1n) is 8.83. The van der Waals surface area contributed by atoms with Crippen LogP contribution in [0, 0.1) is 5.41 Å². The molecular formula is C19H28N2O2. The van der Waals surface area contributed by atoms with Gasteiger partial charge in [0.25, 0.3) is 0 Å². The van der Waals surface area contributed by atoms with E-state index in [2.05, 4.69) is 36.1 Å². The van der Waals surface area contributed by atoms with Crippen molar-refractivity contribution in [2.45, 2.75) is 39.2 Å². The van der Waals surface area contributed by atoms with Gasteiger partial charge in [-0.05, 0) is 55.3 Å². The zero-order chi connectivity index (χ0) is 16.3. The van der Waals surface area contributed by atoms with Crippen molar-refractivity contribution < 1.29 is 9.90 Å². The van der Waals surface area contributed by atoms with E-state index in [1.165, 1.54) is 11.1 Å². The Morgan fingerprint density at radius 1 is 1.17 bits per heavy atom. The number of hydrogen-bond donors (Lipinski definition) is 1. The molecule has 1 aromatic carbocycles. The van der Waals surface area contributed by atoms with E-state index in [1.807, 2.05) is 4.90 Å². The highest BCUT2D eigenvalue weighted by Gasteiger charge is 2.33. The smallest absolute Gasteiger partial charge is 0.237 e. The number of benzene rings is 1. The maximum Gasteiger partial charge on any atom is 0.237 e.